The number of amides is 1. The molecule has 0 bridgehead atoms. The van der Waals surface area contributed by atoms with Gasteiger partial charge < -0.3 is 4.74 Å². The van der Waals surface area contributed by atoms with Crippen LogP contribution in [0.5, 0.6) is 0 Å². The van der Waals surface area contributed by atoms with Crippen molar-refractivity contribution in [3.05, 3.63) is 0 Å². The number of carbonyl (C=O) groups excluding carboxylic acids is 1. The van der Waals surface area contributed by atoms with Crippen LogP contribution in [0.2, 0.25) is 0 Å². The molecule has 3 nitrogen and oxygen atoms in total. The number of rotatable bonds is 1. The summed E-state index contributed by atoms with van der Waals surface area (Å²) >= 11 is 0. The summed E-state index contributed by atoms with van der Waals surface area (Å²) in [5.41, 5.74) is 0. The van der Waals surface area contributed by atoms with E-state index in [1.165, 1.54) is 6.40 Å². The lowest BCUT2D eigenvalue weighted by molar-refractivity contribution is -0.122. The highest BCUT2D eigenvalue weighted by molar-refractivity contribution is 5.91. The molecule has 1 atom stereocenters. The van der Waals surface area contributed by atoms with Crippen LogP contribution in [0.1, 0.15) is 13.3 Å². The van der Waals surface area contributed by atoms with E-state index in [-0.39, 0.29) is 12.0 Å². The van der Waals surface area contributed by atoms with Crippen molar-refractivity contribution in [2.75, 3.05) is 0 Å². The number of hydrogen-bond donors (Lipinski definition) is 0. The van der Waals surface area contributed by atoms with Crippen LogP contribution in [0.4, 0.5) is 0 Å². The second kappa shape index (κ2) is 1.94. The van der Waals surface area contributed by atoms with E-state index in [2.05, 4.69) is 4.99 Å². The molecule has 0 aromatic rings. The Kier molecular flexibility index (Phi) is 1.28. The molecule has 1 aliphatic rings. The normalized spacial score (nSPS) is 26.1. The smallest absolute Gasteiger partial charge is 0.289 e. The van der Waals surface area contributed by atoms with Crippen molar-refractivity contribution in [3.8, 4) is 0 Å². The minimum atomic E-state index is -0.296. The van der Waals surface area contributed by atoms with Gasteiger partial charge in [-0.05, 0) is 6.42 Å². The summed E-state index contributed by atoms with van der Waals surface area (Å²) < 4.78 is 4.77. The van der Waals surface area contributed by atoms with Crippen LogP contribution in [0.3, 0.4) is 0 Å². The zero-order valence-corrected chi connectivity index (χ0v) is 4.63. The molecule has 1 unspecified atom stereocenters. The number of aliphatic imine (C=N–C) groups is 1. The number of ether oxygens (including phenoxy) is 1. The van der Waals surface area contributed by atoms with Crippen LogP contribution in [0.25, 0.3) is 0 Å². The molecule has 1 amide bonds. The van der Waals surface area contributed by atoms with Gasteiger partial charge in [-0.3, -0.25) is 4.79 Å². The van der Waals surface area contributed by atoms with E-state index in [1.807, 2.05) is 6.92 Å². The molecule has 1 rings (SSSR count). The molecule has 0 saturated heterocycles. The number of hydrogen-bond acceptors (Lipinski definition) is 2. The first-order valence-corrected chi connectivity index (χ1v) is 2.56. The lowest BCUT2D eigenvalue weighted by Crippen LogP contribution is -2.13. The Morgan fingerprint density at radius 2 is 2.75 bits per heavy atom. The fourth-order valence-corrected chi connectivity index (χ4v) is 0.568. The second-order valence-corrected chi connectivity index (χ2v) is 1.61. The molecule has 44 valence electrons. The molecular weight excluding hydrogens is 106 g/mol. The summed E-state index contributed by atoms with van der Waals surface area (Å²) in [5.74, 6) is -0.160. The fourth-order valence-electron chi connectivity index (χ4n) is 0.568. The van der Waals surface area contributed by atoms with Gasteiger partial charge in [0, 0.05) is 0 Å². The van der Waals surface area contributed by atoms with E-state index in [0.717, 1.165) is 0 Å². The maximum absolute atomic E-state index is 10.5. The highest BCUT2D eigenvalue weighted by Crippen LogP contribution is 2.03. The molecule has 0 radical (unpaired) electrons. The second-order valence-electron chi connectivity index (χ2n) is 1.61. The predicted molar refractivity (Wildman–Crippen MR) is 28.7 cm³/mol. The monoisotopic (exact) mass is 113 g/mol. The van der Waals surface area contributed by atoms with Gasteiger partial charge in [0.25, 0.3) is 5.91 Å². The van der Waals surface area contributed by atoms with Crippen molar-refractivity contribution in [1.29, 1.82) is 0 Å². The van der Waals surface area contributed by atoms with Gasteiger partial charge in [0.2, 0.25) is 0 Å². The summed E-state index contributed by atoms with van der Waals surface area (Å²) in [6, 6.07) is 0. The van der Waals surface area contributed by atoms with Crippen LogP contribution < -0.4 is 0 Å². The molecule has 3 heteroatoms. The summed E-state index contributed by atoms with van der Waals surface area (Å²) in [7, 11) is 0. The van der Waals surface area contributed by atoms with Gasteiger partial charge in [-0.25, -0.2) is 0 Å². The van der Waals surface area contributed by atoms with Crippen molar-refractivity contribution in [3.63, 3.8) is 0 Å². The zero-order chi connectivity index (χ0) is 5.98. The van der Waals surface area contributed by atoms with Crippen LogP contribution in [-0.4, -0.2) is 18.4 Å². The van der Waals surface area contributed by atoms with Crippen LogP contribution in [-0.2, 0) is 9.53 Å². The Hall–Kier alpha value is -0.860. The Morgan fingerprint density at radius 3 is 3.00 bits per heavy atom. The van der Waals surface area contributed by atoms with Crippen molar-refractivity contribution < 1.29 is 9.53 Å². The number of nitrogens with zero attached hydrogens (tertiary/aromatic N) is 1. The third kappa shape index (κ3) is 0.710. The first-order chi connectivity index (χ1) is 3.84. The molecule has 0 spiro atoms. The van der Waals surface area contributed by atoms with E-state index < -0.39 is 0 Å². The molecule has 0 aromatic carbocycles. The largest absolute Gasteiger partial charge is 0.470 e. The molecule has 0 aromatic heterocycles. The molecule has 0 saturated carbocycles. The summed E-state index contributed by atoms with van der Waals surface area (Å²) in [4.78, 5) is 13.9. The van der Waals surface area contributed by atoms with Crippen LogP contribution in [0.15, 0.2) is 4.99 Å². The summed E-state index contributed by atoms with van der Waals surface area (Å²) in [6.07, 6.45) is 1.62. The van der Waals surface area contributed by atoms with E-state index in [4.69, 9.17) is 4.74 Å². The Morgan fingerprint density at radius 1 is 2.00 bits per heavy atom. The van der Waals surface area contributed by atoms with Crippen molar-refractivity contribution >= 4 is 12.3 Å². The lowest BCUT2D eigenvalue weighted by atomic mass is 10.3. The first kappa shape index (κ1) is 5.28. The first-order valence-electron chi connectivity index (χ1n) is 2.56. The quantitative estimate of drug-likeness (QED) is 0.492. The SMILES string of the molecule is CCC1OC=NC1=O. The Bertz CT molecular complexity index is 130. The maximum atomic E-state index is 10.5. The molecular formula is C5H7NO2. The van der Waals surface area contributed by atoms with Crippen molar-refractivity contribution in [2.45, 2.75) is 19.4 Å². The third-order valence-electron chi connectivity index (χ3n) is 1.05. The molecule has 0 N–H and O–H groups in total. The summed E-state index contributed by atoms with van der Waals surface area (Å²) in [6.45, 7) is 1.89. The molecule has 0 aliphatic carbocycles. The zero-order valence-electron chi connectivity index (χ0n) is 4.63. The Balaban J connectivity index is 2.51. The highest BCUT2D eigenvalue weighted by Gasteiger charge is 2.19. The maximum Gasteiger partial charge on any atom is 0.289 e. The predicted octanol–water partition coefficient (Wildman–Crippen LogP) is 0.350. The molecule has 0 fully saturated rings. The minimum absolute atomic E-state index is 0.160. The lowest BCUT2D eigenvalue weighted by Gasteiger charge is -1.99. The van der Waals surface area contributed by atoms with Gasteiger partial charge in [0.05, 0.1) is 0 Å². The van der Waals surface area contributed by atoms with Crippen molar-refractivity contribution in [1.82, 2.24) is 0 Å². The van der Waals surface area contributed by atoms with E-state index >= 15 is 0 Å². The Labute approximate surface area is 47.4 Å². The van der Waals surface area contributed by atoms with Crippen LogP contribution in [0, 0.1) is 0 Å². The molecule has 1 heterocycles. The minimum Gasteiger partial charge on any atom is -0.470 e. The van der Waals surface area contributed by atoms with Gasteiger partial charge in [-0.1, -0.05) is 6.92 Å². The van der Waals surface area contributed by atoms with Gasteiger partial charge >= 0.3 is 0 Å². The average Bonchev–Trinajstić information content (AvgIpc) is 2.14. The van der Waals surface area contributed by atoms with Gasteiger partial charge in [0.15, 0.2) is 12.5 Å². The van der Waals surface area contributed by atoms with E-state index in [1.54, 1.807) is 0 Å². The van der Waals surface area contributed by atoms with Gasteiger partial charge in [0.1, 0.15) is 0 Å². The van der Waals surface area contributed by atoms with Crippen molar-refractivity contribution in [2.24, 2.45) is 4.99 Å². The highest BCUT2D eigenvalue weighted by atomic mass is 16.5. The van der Waals surface area contributed by atoms with Gasteiger partial charge in [-0.15, -0.1) is 0 Å². The van der Waals surface area contributed by atoms with Gasteiger partial charge in [-0.2, -0.15) is 4.99 Å². The molecule has 8 heavy (non-hydrogen) atoms. The third-order valence-corrected chi connectivity index (χ3v) is 1.05. The topological polar surface area (TPSA) is 38.7 Å². The number of carbonyl (C=O) groups is 1. The fraction of sp³-hybridized carbons (Fsp3) is 0.600. The standard InChI is InChI=1S/C5H7NO2/c1-2-4-5(7)6-3-8-4/h3-4H,2H2,1H3. The van der Waals surface area contributed by atoms with E-state index in [9.17, 15) is 4.79 Å². The average molecular weight is 113 g/mol. The summed E-state index contributed by atoms with van der Waals surface area (Å²) in [5, 5.41) is 0. The van der Waals surface area contributed by atoms with E-state index in [0.29, 0.717) is 6.42 Å². The van der Waals surface area contributed by atoms with Crippen LogP contribution >= 0.6 is 0 Å². The molecule has 1 aliphatic heterocycles.